The molecule has 0 aromatic heterocycles. The summed E-state index contributed by atoms with van der Waals surface area (Å²) in [5.74, 6) is -1.23. The largest absolute Gasteiger partial charge is 0.345 e. The summed E-state index contributed by atoms with van der Waals surface area (Å²) in [6.07, 6.45) is 0. The Morgan fingerprint density at radius 1 is 1.00 bits per heavy atom. The highest BCUT2D eigenvalue weighted by Crippen LogP contribution is 2.20. The number of nitrogens with zero attached hydrogens (tertiary/aromatic N) is 1. The fourth-order valence-electron chi connectivity index (χ4n) is 2.25. The number of hydrogen-bond acceptors (Lipinski definition) is 3. The Morgan fingerprint density at radius 3 is 2.32 bits per heavy atom. The number of rotatable bonds is 7. The van der Waals surface area contributed by atoms with Crippen LogP contribution in [0.1, 0.15) is 15.9 Å². The summed E-state index contributed by atoms with van der Waals surface area (Å²) in [6.45, 7) is -0.0152. The third-order valence-electron chi connectivity index (χ3n) is 3.78. The molecule has 0 heterocycles. The van der Waals surface area contributed by atoms with Crippen LogP contribution in [0, 0.1) is 0 Å². The van der Waals surface area contributed by atoms with Crippen LogP contribution in [0.2, 0.25) is 10.0 Å². The van der Waals surface area contributed by atoms with Gasteiger partial charge >= 0.3 is 0 Å². The molecule has 2 N–H and O–H groups in total. The second-order valence-electron chi connectivity index (χ2n) is 5.96. The first-order valence-electron chi connectivity index (χ1n) is 8.24. The molecule has 2 rings (SSSR count). The molecule has 9 heteroatoms. The van der Waals surface area contributed by atoms with E-state index < -0.39 is 11.8 Å². The summed E-state index contributed by atoms with van der Waals surface area (Å²) in [6, 6.07) is 12.0. The molecule has 0 saturated heterocycles. The van der Waals surface area contributed by atoms with E-state index in [-0.39, 0.29) is 29.6 Å². The van der Waals surface area contributed by atoms with E-state index in [0.717, 1.165) is 10.0 Å². The summed E-state index contributed by atoms with van der Waals surface area (Å²) in [5, 5.41) is 5.53. The van der Waals surface area contributed by atoms with Crippen molar-refractivity contribution in [2.75, 3.05) is 20.1 Å². The lowest BCUT2D eigenvalue weighted by Gasteiger charge is -2.17. The minimum Gasteiger partial charge on any atom is -0.345 e. The third-order valence-corrected chi connectivity index (χ3v) is 4.86. The second-order valence-corrected chi connectivity index (χ2v) is 7.72. The Bertz CT molecular complexity index is 875. The van der Waals surface area contributed by atoms with Crippen molar-refractivity contribution >= 4 is 56.9 Å². The van der Waals surface area contributed by atoms with E-state index in [1.54, 1.807) is 7.05 Å². The first-order chi connectivity index (χ1) is 13.3. The molecule has 0 aliphatic carbocycles. The molecule has 2 aromatic rings. The average Bonchev–Trinajstić information content (AvgIpc) is 2.65. The van der Waals surface area contributed by atoms with Crippen LogP contribution in [0.5, 0.6) is 0 Å². The maximum absolute atomic E-state index is 12.1. The van der Waals surface area contributed by atoms with Crippen molar-refractivity contribution in [3.8, 4) is 0 Å². The molecule has 0 unspecified atom stereocenters. The van der Waals surface area contributed by atoms with Gasteiger partial charge in [-0.15, -0.1) is 0 Å². The Balaban J connectivity index is 1.75. The molecule has 0 aliphatic rings. The molecule has 148 valence electrons. The van der Waals surface area contributed by atoms with E-state index in [2.05, 4.69) is 26.6 Å². The highest BCUT2D eigenvalue weighted by Gasteiger charge is 2.14. The minimum atomic E-state index is -0.504. The van der Waals surface area contributed by atoms with Crippen molar-refractivity contribution in [3.63, 3.8) is 0 Å². The molecular formula is C19H18BrCl2N3O3. The van der Waals surface area contributed by atoms with E-state index in [1.807, 2.05) is 24.3 Å². The number of hydrogen-bond donors (Lipinski definition) is 2. The fourth-order valence-corrected chi connectivity index (χ4v) is 3.01. The van der Waals surface area contributed by atoms with Gasteiger partial charge in [0.2, 0.25) is 11.8 Å². The Morgan fingerprint density at radius 2 is 1.68 bits per heavy atom. The van der Waals surface area contributed by atoms with Crippen molar-refractivity contribution in [2.45, 2.75) is 6.54 Å². The number of carbonyl (C=O) groups excluding carboxylic acids is 3. The summed E-state index contributed by atoms with van der Waals surface area (Å²) >= 11 is 15.1. The highest BCUT2D eigenvalue weighted by atomic mass is 79.9. The monoisotopic (exact) mass is 485 g/mol. The number of nitrogens with one attached hydrogen (secondary N) is 2. The van der Waals surface area contributed by atoms with Gasteiger partial charge in [-0.25, -0.2) is 0 Å². The summed E-state index contributed by atoms with van der Waals surface area (Å²) in [7, 11) is 1.65. The zero-order valence-corrected chi connectivity index (χ0v) is 18.1. The minimum absolute atomic E-state index is 0.163. The van der Waals surface area contributed by atoms with Gasteiger partial charge in [-0.2, -0.15) is 0 Å². The van der Waals surface area contributed by atoms with Gasteiger partial charge < -0.3 is 15.5 Å². The van der Waals surface area contributed by atoms with Gasteiger partial charge in [0, 0.05) is 23.1 Å². The number of amides is 3. The first kappa shape index (κ1) is 22.2. The van der Waals surface area contributed by atoms with Crippen LogP contribution in [-0.4, -0.2) is 42.8 Å². The smallest absolute Gasteiger partial charge is 0.253 e. The van der Waals surface area contributed by atoms with Gasteiger partial charge in [-0.1, -0.05) is 51.3 Å². The Hall–Kier alpha value is -2.09. The molecule has 0 fully saturated rings. The Kier molecular flexibility index (Phi) is 8.29. The first-order valence-corrected chi connectivity index (χ1v) is 9.79. The van der Waals surface area contributed by atoms with E-state index in [4.69, 9.17) is 23.2 Å². The van der Waals surface area contributed by atoms with Crippen LogP contribution in [0.25, 0.3) is 0 Å². The van der Waals surface area contributed by atoms with Crippen LogP contribution in [0.15, 0.2) is 46.9 Å². The van der Waals surface area contributed by atoms with Crippen LogP contribution in [-0.2, 0) is 16.1 Å². The van der Waals surface area contributed by atoms with Crippen molar-refractivity contribution in [1.82, 2.24) is 15.5 Å². The van der Waals surface area contributed by atoms with Gasteiger partial charge in [0.25, 0.3) is 5.91 Å². The lowest BCUT2D eigenvalue weighted by atomic mass is 10.2. The molecule has 0 radical (unpaired) electrons. The molecular weight excluding hydrogens is 469 g/mol. The number of halogens is 3. The van der Waals surface area contributed by atoms with Crippen LogP contribution in [0.4, 0.5) is 0 Å². The van der Waals surface area contributed by atoms with Gasteiger partial charge in [-0.05, 0) is 35.9 Å². The zero-order valence-electron chi connectivity index (χ0n) is 15.0. The fraction of sp³-hybridized carbons (Fsp3) is 0.211. The van der Waals surface area contributed by atoms with E-state index in [9.17, 15) is 14.4 Å². The van der Waals surface area contributed by atoms with Crippen LogP contribution in [0.3, 0.4) is 0 Å². The molecule has 0 bridgehead atoms. The average molecular weight is 487 g/mol. The predicted molar refractivity (Wildman–Crippen MR) is 112 cm³/mol. The molecule has 0 aliphatic heterocycles. The van der Waals surface area contributed by atoms with Gasteiger partial charge in [0.1, 0.15) is 0 Å². The second kappa shape index (κ2) is 10.5. The molecule has 0 spiro atoms. The molecule has 28 heavy (non-hydrogen) atoms. The van der Waals surface area contributed by atoms with Crippen molar-refractivity contribution in [1.29, 1.82) is 0 Å². The Labute approximate surface area is 181 Å². The number of likely N-dealkylation sites (N-methyl/N-ethyl adjacent to an activating group) is 1. The molecule has 3 amide bonds. The zero-order chi connectivity index (χ0) is 20.7. The lowest BCUT2D eigenvalue weighted by molar-refractivity contribution is -0.132. The maximum atomic E-state index is 12.1. The van der Waals surface area contributed by atoms with Crippen LogP contribution >= 0.6 is 39.1 Å². The standard InChI is InChI=1S/C19H18BrCl2N3O3/c1-25(11-12-2-4-13(20)5-3-12)18(27)10-23-17(26)9-24-19(28)15-7-6-14(21)8-16(15)22/h2-8H,9-11H2,1H3,(H,23,26)(H,24,28). The molecule has 0 atom stereocenters. The SMILES string of the molecule is CN(Cc1ccc(Br)cc1)C(=O)CNC(=O)CNC(=O)c1ccc(Cl)cc1Cl. The van der Waals surface area contributed by atoms with Crippen LogP contribution < -0.4 is 10.6 Å². The topological polar surface area (TPSA) is 78.5 Å². The molecule has 6 nitrogen and oxygen atoms in total. The highest BCUT2D eigenvalue weighted by molar-refractivity contribution is 9.10. The van der Waals surface area contributed by atoms with E-state index >= 15 is 0 Å². The predicted octanol–water partition coefficient (Wildman–Crippen LogP) is 3.26. The number of carbonyl (C=O) groups is 3. The molecule has 0 saturated carbocycles. The maximum Gasteiger partial charge on any atom is 0.253 e. The van der Waals surface area contributed by atoms with Crippen molar-refractivity contribution < 1.29 is 14.4 Å². The van der Waals surface area contributed by atoms with Gasteiger partial charge in [0.15, 0.2) is 0 Å². The van der Waals surface area contributed by atoms with Gasteiger partial charge in [0.05, 0.1) is 23.7 Å². The third kappa shape index (κ3) is 6.82. The van der Waals surface area contributed by atoms with Crippen molar-refractivity contribution in [2.24, 2.45) is 0 Å². The lowest BCUT2D eigenvalue weighted by Crippen LogP contribution is -2.42. The normalized spacial score (nSPS) is 10.3. The number of benzene rings is 2. The summed E-state index contributed by atoms with van der Waals surface area (Å²) in [4.78, 5) is 37.6. The van der Waals surface area contributed by atoms with Crippen molar-refractivity contribution in [3.05, 3.63) is 68.1 Å². The van der Waals surface area contributed by atoms with E-state index in [0.29, 0.717) is 11.6 Å². The summed E-state index contributed by atoms with van der Waals surface area (Å²) in [5.41, 5.74) is 1.18. The summed E-state index contributed by atoms with van der Waals surface area (Å²) < 4.78 is 0.958. The van der Waals surface area contributed by atoms with Gasteiger partial charge in [-0.3, -0.25) is 14.4 Å². The van der Waals surface area contributed by atoms with E-state index in [1.165, 1.54) is 23.1 Å². The quantitative estimate of drug-likeness (QED) is 0.630. The molecule has 2 aromatic carbocycles.